The van der Waals surface area contributed by atoms with E-state index in [2.05, 4.69) is 15.4 Å². The van der Waals surface area contributed by atoms with Gasteiger partial charge in [-0.3, -0.25) is 0 Å². The van der Waals surface area contributed by atoms with E-state index in [4.69, 9.17) is 5.73 Å². The fourth-order valence-corrected chi connectivity index (χ4v) is 2.65. The normalized spacial score (nSPS) is 26.3. The first-order valence-electron chi connectivity index (χ1n) is 5.89. The molecule has 1 aliphatic rings. The predicted molar refractivity (Wildman–Crippen MR) is 64.4 cm³/mol. The standard InChI is InChI=1S/C12H15N5O/c1-17-15-11(14-16-17)7-12(18)6-10(13)8-4-2-3-5-9(8)12/h2-5,10,18H,6-7,13H2,1H3. The molecule has 0 saturated carbocycles. The first kappa shape index (κ1) is 11.3. The lowest BCUT2D eigenvalue weighted by Crippen LogP contribution is -2.27. The Labute approximate surface area is 104 Å². The van der Waals surface area contributed by atoms with Crippen LogP contribution in [-0.4, -0.2) is 25.3 Å². The summed E-state index contributed by atoms with van der Waals surface area (Å²) in [6.07, 6.45) is 0.830. The van der Waals surface area contributed by atoms with E-state index < -0.39 is 5.60 Å². The Morgan fingerprint density at radius 3 is 3.00 bits per heavy atom. The average molecular weight is 245 g/mol. The summed E-state index contributed by atoms with van der Waals surface area (Å²) in [7, 11) is 1.70. The van der Waals surface area contributed by atoms with E-state index in [1.54, 1.807) is 7.05 Å². The molecule has 0 aliphatic heterocycles. The van der Waals surface area contributed by atoms with Gasteiger partial charge in [0.25, 0.3) is 0 Å². The van der Waals surface area contributed by atoms with Crippen molar-refractivity contribution >= 4 is 0 Å². The minimum Gasteiger partial charge on any atom is -0.385 e. The van der Waals surface area contributed by atoms with Crippen LogP contribution < -0.4 is 5.73 Å². The van der Waals surface area contributed by atoms with Gasteiger partial charge in [-0.15, -0.1) is 10.2 Å². The Morgan fingerprint density at radius 1 is 1.50 bits per heavy atom. The van der Waals surface area contributed by atoms with E-state index in [-0.39, 0.29) is 6.04 Å². The molecule has 2 atom stereocenters. The van der Waals surface area contributed by atoms with Crippen molar-refractivity contribution in [3.05, 3.63) is 41.2 Å². The molecule has 6 nitrogen and oxygen atoms in total. The molecule has 0 radical (unpaired) electrons. The number of hydrogen-bond acceptors (Lipinski definition) is 5. The van der Waals surface area contributed by atoms with Gasteiger partial charge in [-0.2, -0.15) is 4.80 Å². The molecule has 0 amide bonds. The molecule has 0 fully saturated rings. The van der Waals surface area contributed by atoms with E-state index in [1.807, 2.05) is 24.3 Å². The largest absolute Gasteiger partial charge is 0.385 e. The lowest BCUT2D eigenvalue weighted by Gasteiger charge is -2.22. The predicted octanol–water partition coefficient (Wildman–Crippen LogP) is 0.0439. The van der Waals surface area contributed by atoms with Crippen LogP contribution in [0.5, 0.6) is 0 Å². The van der Waals surface area contributed by atoms with Crippen LogP contribution in [0.3, 0.4) is 0 Å². The van der Waals surface area contributed by atoms with Crippen molar-refractivity contribution in [3.63, 3.8) is 0 Å². The first-order chi connectivity index (χ1) is 8.58. The molecule has 2 aromatic rings. The number of hydrogen-bond donors (Lipinski definition) is 2. The van der Waals surface area contributed by atoms with Crippen molar-refractivity contribution in [2.24, 2.45) is 12.8 Å². The van der Waals surface area contributed by atoms with Crippen molar-refractivity contribution in [1.82, 2.24) is 20.2 Å². The fraction of sp³-hybridized carbons (Fsp3) is 0.417. The van der Waals surface area contributed by atoms with Gasteiger partial charge in [-0.05, 0) is 16.3 Å². The summed E-state index contributed by atoms with van der Waals surface area (Å²) >= 11 is 0. The molecule has 94 valence electrons. The molecule has 3 N–H and O–H groups in total. The zero-order valence-corrected chi connectivity index (χ0v) is 10.1. The van der Waals surface area contributed by atoms with Crippen molar-refractivity contribution in [3.8, 4) is 0 Å². The van der Waals surface area contributed by atoms with Crippen LogP contribution in [0.1, 0.15) is 29.4 Å². The second-order valence-electron chi connectivity index (χ2n) is 4.80. The molecule has 0 saturated heterocycles. The molecule has 1 heterocycles. The highest BCUT2D eigenvalue weighted by atomic mass is 16.3. The van der Waals surface area contributed by atoms with Crippen molar-refractivity contribution < 1.29 is 5.11 Å². The van der Waals surface area contributed by atoms with Crippen LogP contribution in [0.4, 0.5) is 0 Å². The van der Waals surface area contributed by atoms with Crippen LogP contribution in [0.25, 0.3) is 0 Å². The lowest BCUT2D eigenvalue weighted by molar-refractivity contribution is 0.0321. The number of aliphatic hydroxyl groups is 1. The van der Waals surface area contributed by atoms with E-state index in [0.29, 0.717) is 18.7 Å². The van der Waals surface area contributed by atoms with Crippen LogP contribution in [0.15, 0.2) is 24.3 Å². The van der Waals surface area contributed by atoms with E-state index >= 15 is 0 Å². The smallest absolute Gasteiger partial charge is 0.178 e. The highest BCUT2D eigenvalue weighted by molar-refractivity contribution is 5.40. The zero-order chi connectivity index (χ0) is 12.8. The lowest BCUT2D eigenvalue weighted by atomic mass is 9.92. The van der Waals surface area contributed by atoms with Crippen LogP contribution >= 0.6 is 0 Å². The van der Waals surface area contributed by atoms with Gasteiger partial charge in [0.05, 0.1) is 12.6 Å². The maximum atomic E-state index is 10.8. The molecule has 1 aromatic heterocycles. The van der Waals surface area contributed by atoms with E-state index in [1.165, 1.54) is 4.80 Å². The van der Waals surface area contributed by atoms with Crippen LogP contribution in [0, 0.1) is 0 Å². The van der Waals surface area contributed by atoms with Crippen LogP contribution in [0.2, 0.25) is 0 Å². The average Bonchev–Trinajstić information content (AvgIpc) is 2.84. The fourth-order valence-electron chi connectivity index (χ4n) is 2.65. The second kappa shape index (κ2) is 3.86. The van der Waals surface area contributed by atoms with Gasteiger partial charge in [-0.1, -0.05) is 24.3 Å². The van der Waals surface area contributed by atoms with Gasteiger partial charge in [0, 0.05) is 18.9 Å². The Bertz CT molecular complexity index is 581. The quantitative estimate of drug-likeness (QED) is 0.780. The Morgan fingerprint density at radius 2 is 2.28 bits per heavy atom. The maximum absolute atomic E-state index is 10.8. The second-order valence-corrected chi connectivity index (χ2v) is 4.80. The van der Waals surface area contributed by atoms with Gasteiger partial charge in [-0.25, -0.2) is 0 Å². The molecule has 6 heteroatoms. The SMILES string of the molecule is Cn1nnc(CC2(O)CC(N)c3ccccc32)n1. The van der Waals surface area contributed by atoms with Crippen molar-refractivity contribution in [2.75, 3.05) is 0 Å². The van der Waals surface area contributed by atoms with Gasteiger partial charge >= 0.3 is 0 Å². The summed E-state index contributed by atoms with van der Waals surface area (Å²) < 4.78 is 0. The Hall–Kier alpha value is -1.79. The number of nitrogens with zero attached hydrogens (tertiary/aromatic N) is 4. The monoisotopic (exact) mass is 245 g/mol. The van der Waals surface area contributed by atoms with E-state index in [9.17, 15) is 5.11 Å². The van der Waals surface area contributed by atoms with E-state index in [0.717, 1.165) is 11.1 Å². The summed E-state index contributed by atoms with van der Waals surface area (Å²) in [5, 5.41) is 22.6. The number of aromatic nitrogens is 4. The number of nitrogens with two attached hydrogens (primary N) is 1. The minimum absolute atomic E-state index is 0.136. The van der Waals surface area contributed by atoms with Gasteiger partial charge < -0.3 is 10.8 Å². The molecule has 0 bridgehead atoms. The summed E-state index contributed by atoms with van der Waals surface area (Å²) in [4.78, 5) is 1.39. The van der Waals surface area contributed by atoms with Gasteiger partial charge in [0.1, 0.15) is 0 Å². The first-order valence-corrected chi connectivity index (χ1v) is 5.89. The number of aryl methyl sites for hydroxylation is 1. The molecule has 18 heavy (non-hydrogen) atoms. The van der Waals surface area contributed by atoms with Crippen molar-refractivity contribution in [2.45, 2.75) is 24.5 Å². The molecular weight excluding hydrogens is 230 g/mol. The van der Waals surface area contributed by atoms with Gasteiger partial charge in [0.2, 0.25) is 0 Å². The number of fused-ring (bicyclic) bond motifs is 1. The highest BCUT2D eigenvalue weighted by Crippen LogP contribution is 2.43. The molecule has 1 aromatic carbocycles. The summed E-state index contributed by atoms with van der Waals surface area (Å²) in [6, 6.07) is 7.58. The molecular formula is C12H15N5O. The maximum Gasteiger partial charge on any atom is 0.178 e. The summed E-state index contributed by atoms with van der Waals surface area (Å²) in [5.74, 6) is 0.531. The Kier molecular flexibility index (Phi) is 2.42. The highest BCUT2D eigenvalue weighted by Gasteiger charge is 2.41. The zero-order valence-electron chi connectivity index (χ0n) is 10.1. The third-order valence-electron chi connectivity index (χ3n) is 3.42. The summed E-state index contributed by atoms with van der Waals surface area (Å²) in [5.41, 5.74) is 6.96. The molecule has 2 unspecified atom stereocenters. The Balaban J connectivity index is 1.97. The van der Waals surface area contributed by atoms with Gasteiger partial charge in [0.15, 0.2) is 5.82 Å². The molecule has 3 rings (SSSR count). The number of benzene rings is 1. The topological polar surface area (TPSA) is 89.8 Å². The molecule has 0 spiro atoms. The van der Waals surface area contributed by atoms with Crippen molar-refractivity contribution in [1.29, 1.82) is 0 Å². The third-order valence-corrected chi connectivity index (χ3v) is 3.42. The third kappa shape index (κ3) is 1.70. The minimum atomic E-state index is -0.987. The molecule has 1 aliphatic carbocycles. The number of rotatable bonds is 2. The summed E-state index contributed by atoms with van der Waals surface area (Å²) in [6.45, 7) is 0. The number of tetrazole rings is 1. The van der Waals surface area contributed by atoms with Crippen LogP contribution in [-0.2, 0) is 19.1 Å².